The predicted octanol–water partition coefficient (Wildman–Crippen LogP) is 1.44. The fourth-order valence-electron chi connectivity index (χ4n) is 2.76. The summed E-state index contributed by atoms with van der Waals surface area (Å²) in [5, 5.41) is 4.20. The highest BCUT2D eigenvalue weighted by molar-refractivity contribution is 7.89. The molecule has 21 heavy (non-hydrogen) atoms. The van der Waals surface area contributed by atoms with Crippen LogP contribution in [0.1, 0.15) is 25.2 Å². The number of ether oxygens (including phenoxy) is 1. The van der Waals surface area contributed by atoms with E-state index in [1.807, 2.05) is 13.8 Å². The van der Waals surface area contributed by atoms with Gasteiger partial charge in [-0.05, 0) is 27.7 Å². The van der Waals surface area contributed by atoms with Crippen LogP contribution in [0.2, 0.25) is 0 Å². The fraction of sp³-hybridized carbons (Fsp3) is 0.769. The highest BCUT2D eigenvalue weighted by Gasteiger charge is 2.40. The molecule has 1 atom stereocenters. The molecule has 0 aromatic carbocycles. The molecule has 1 fully saturated rings. The minimum Gasteiger partial charge on any atom is -0.368 e. The van der Waals surface area contributed by atoms with Gasteiger partial charge in [0.15, 0.2) is 0 Å². The summed E-state index contributed by atoms with van der Waals surface area (Å²) in [6.45, 7) is 7.79. The van der Waals surface area contributed by atoms with Crippen molar-refractivity contribution in [1.29, 1.82) is 0 Å². The molecule has 6 nitrogen and oxygen atoms in total. The van der Waals surface area contributed by atoms with E-state index >= 15 is 0 Å². The van der Waals surface area contributed by atoms with Gasteiger partial charge in [0.2, 0.25) is 10.0 Å². The number of morpholine rings is 1. The predicted molar refractivity (Wildman–Crippen MR) is 81.1 cm³/mol. The molecule has 0 bridgehead atoms. The minimum atomic E-state index is -3.61. The Hall–Kier alpha value is -0.630. The van der Waals surface area contributed by atoms with Crippen LogP contribution in [0, 0.1) is 13.8 Å². The number of halogens is 1. The van der Waals surface area contributed by atoms with Crippen molar-refractivity contribution in [3.63, 3.8) is 0 Å². The van der Waals surface area contributed by atoms with E-state index in [9.17, 15) is 8.42 Å². The first-order valence-electron chi connectivity index (χ1n) is 6.82. The van der Waals surface area contributed by atoms with Crippen LogP contribution in [0.15, 0.2) is 4.90 Å². The van der Waals surface area contributed by atoms with Gasteiger partial charge in [0.1, 0.15) is 4.90 Å². The fourth-order valence-corrected chi connectivity index (χ4v) is 4.94. The second-order valence-electron chi connectivity index (χ2n) is 6.07. The third-order valence-corrected chi connectivity index (χ3v) is 6.07. The van der Waals surface area contributed by atoms with Gasteiger partial charge in [-0.3, -0.25) is 4.68 Å². The summed E-state index contributed by atoms with van der Waals surface area (Å²) in [4.78, 5) is 0.288. The maximum atomic E-state index is 13.0. The summed E-state index contributed by atoms with van der Waals surface area (Å²) >= 11 is 5.87. The Morgan fingerprint density at radius 3 is 2.52 bits per heavy atom. The van der Waals surface area contributed by atoms with Crippen LogP contribution < -0.4 is 0 Å². The third kappa shape index (κ3) is 3.11. The van der Waals surface area contributed by atoms with Crippen LogP contribution in [0.4, 0.5) is 0 Å². The lowest BCUT2D eigenvalue weighted by Gasteiger charge is -2.41. The molecule has 1 unspecified atom stereocenters. The zero-order valence-corrected chi connectivity index (χ0v) is 14.6. The maximum Gasteiger partial charge on any atom is 0.246 e. The van der Waals surface area contributed by atoms with E-state index in [0.717, 1.165) is 0 Å². The molecule has 0 N–H and O–H groups in total. The molecule has 8 heteroatoms. The number of alkyl halides is 1. The maximum absolute atomic E-state index is 13.0. The molecule has 2 heterocycles. The molecule has 120 valence electrons. The van der Waals surface area contributed by atoms with E-state index in [2.05, 4.69) is 5.10 Å². The van der Waals surface area contributed by atoms with Gasteiger partial charge in [-0.25, -0.2) is 8.42 Å². The molecule has 1 aromatic rings. The highest BCUT2D eigenvalue weighted by atomic mass is 35.5. The standard InChI is InChI=1S/C13H22ClN3O3S/c1-9-12(10(2)16(5)15-9)21(18,19)17-7-11(6-14)20-13(3,4)8-17/h11H,6-8H2,1-5H3. The molecule has 0 radical (unpaired) electrons. The van der Waals surface area contributed by atoms with Gasteiger partial charge in [0.05, 0.1) is 23.1 Å². The van der Waals surface area contributed by atoms with Crippen LogP contribution in [0.5, 0.6) is 0 Å². The molecule has 2 rings (SSSR count). The molecule has 1 aliphatic rings. The van der Waals surface area contributed by atoms with Gasteiger partial charge in [0.25, 0.3) is 0 Å². The molecule has 1 saturated heterocycles. The number of nitrogens with zero attached hydrogens (tertiary/aromatic N) is 3. The van der Waals surface area contributed by atoms with Gasteiger partial charge < -0.3 is 4.74 Å². The summed E-state index contributed by atoms with van der Waals surface area (Å²) < 4.78 is 34.8. The lowest BCUT2D eigenvalue weighted by atomic mass is 10.1. The summed E-state index contributed by atoms with van der Waals surface area (Å²) in [6.07, 6.45) is -0.303. The molecule has 0 aliphatic carbocycles. The number of hydrogen-bond acceptors (Lipinski definition) is 4. The van der Waals surface area contributed by atoms with Crippen molar-refractivity contribution >= 4 is 21.6 Å². The van der Waals surface area contributed by atoms with E-state index in [4.69, 9.17) is 16.3 Å². The number of hydrogen-bond donors (Lipinski definition) is 0. The van der Waals surface area contributed by atoms with Crippen LogP contribution in [0.25, 0.3) is 0 Å². The third-order valence-electron chi connectivity index (χ3n) is 3.66. The molecule has 0 saturated carbocycles. The molecule has 1 aliphatic heterocycles. The van der Waals surface area contributed by atoms with Gasteiger partial charge in [-0.2, -0.15) is 9.40 Å². The Morgan fingerprint density at radius 2 is 2.05 bits per heavy atom. The first kappa shape index (κ1) is 16.7. The highest BCUT2D eigenvalue weighted by Crippen LogP contribution is 2.29. The van der Waals surface area contributed by atoms with E-state index in [-0.39, 0.29) is 23.4 Å². The van der Waals surface area contributed by atoms with Crippen LogP contribution in [-0.4, -0.2) is 53.2 Å². The Bertz CT molecular complexity index is 639. The Kier molecular flexibility index (Phi) is 4.41. The van der Waals surface area contributed by atoms with E-state index in [0.29, 0.717) is 17.9 Å². The number of aromatic nitrogens is 2. The van der Waals surface area contributed by atoms with Gasteiger partial charge >= 0.3 is 0 Å². The first-order valence-corrected chi connectivity index (χ1v) is 8.80. The van der Waals surface area contributed by atoms with Crippen LogP contribution in [0.3, 0.4) is 0 Å². The lowest BCUT2D eigenvalue weighted by Crippen LogP contribution is -2.55. The average molecular weight is 336 g/mol. The quantitative estimate of drug-likeness (QED) is 0.784. The van der Waals surface area contributed by atoms with E-state index in [1.54, 1.807) is 25.6 Å². The second kappa shape index (κ2) is 5.53. The average Bonchev–Trinajstić information content (AvgIpc) is 2.61. The van der Waals surface area contributed by atoms with Crippen LogP contribution >= 0.6 is 11.6 Å². The number of aryl methyl sites for hydroxylation is 2. The summed E-state index contributed by atoms with van der Waals surface area (Å²) in [5.41, 5.74) is 0.593. The van der Waals surface area contributed by atoms with E-state index in [1.165, 1.54) is 4.31 Å². The van der Waals surface area contributed by atoms with Crippen molar-refractivity contribution in [2.24, 2.45) is 7.05 Å². The molecule has 0 amide bonds. The normalized spacial score (nSPS) is 23.4. The minimum absolute atomic E-state index is 0.264. The largest absolute Gasteiger partial charge is 0.368 e. The molecule has 0 spiro atoms. The number of sulfonamides is 1. The Morgan fingerprint density at radius 1 is 1.43 bits per heavy atom. The van der Waals surface area contributed by atoms with Crippen molar-refractivity contribution in [2.75, 3.05) is 19.0 Å². The summed E-state index contributed by atoms with van der Waals surface area (Å²) in [6, 6.07) is 0. The van der Waals surface area contributed by atoms with Crippen molar-refractivity contribution in [1.82, 2.24) is 14.1 Å². The lowest BCUT2D eigenvalue weighted by molar-refractivity contribution is -0.107. The van der Waals surface area contributed by atoms with Crippen molar-refractivity contribution in [2.45, 2.75) is 44.3 Å². The smallest absolute Gasteiger partial charge is 0.246 e. The topological polar surface area (TPSA) is 64.4 Å². The molecule has 1 aromatic heterocycles. The van der Waals surface area contributed by atoms with Gasteiger partial charge in [0, 0.05) is 26.0 Å². The van der Waals surface area contributed by atoms with Crippen LogP contribution in [-0.2, 0) is 21.8 Å². The molecular formula is C13H22ClN3O3S. The first-order chi connectivity index (χ1) is 9.58. The number of rotatable bonds is 3. The SMILES string of the molecule is Cc1nn(C)c(C)c1S(=O)(=O)N1CC(CCl)OC(C)(C)C1. The van der Waals surface area contributed by atoms with E-state index < -0.39 is 15.6 Å². The zero-order valence-electron chi connectivity index (χ0n) is 13.1. The Balaban J connectivity index is 2.43. The van der Waals surface area contributed by atoms with Crippen molar-refractivity contribution in [3.05, 3.63) is 11.4 Å². The van der Waals surface area contributed by atoms with Crippen molar-refractivity contribution < 1.29 is 13.2 Å². The Labute approximate surface area is 131 Å². The molecular weight excluding hydrogens is 314 g/mol. The zero-order chi connectivity index (χ0) is 16.0. The van der Waals surface area contributed by atoms with Gasteiger partial charge in [-0.1, -0.05) is 0 Å². The van der Waals surface area contributed by atoms with Gasteiger partial charge in [-0.15, -0.1) is 11.6 Å². The van der Waals surface area contributed by atoms with Crippen molar-refractivity contribution in [3.8, 4) is 0 Å². The summed E-state index contributed by atoms with van der Waals surface area (Å²) in [7, 11) is -1.86. The monoisotopic (exact) mass is 335 g/mol. The second-order valence-corrected chi connectivity index (χ2v) is 8.26. The summed E-state index contributed by atoms with van der Waals surface area (Å²) in [5.74, 6) is 0.264.